The zero-order chi connectivity index (χ0) is 14.8. The molecule has 0 aliphatic carbocycles. The minimum atomic E-state index is -1.49. The van der Waals surface area contributed by atoms with Crippen LogP contribution in [0.15, 0.2) is 16.5 Å². The summed E-state index contributed by atoms with van der Waals surface area (Å²) in [6.07, 6.45) is 1.55. The van der Waals surface area contributed by atoms with E-state index in [2.05, 4.69) is 15.5 Å². The van der Waals surface area contributed by atoms with Gasteiger partial charge in [-0.15, -0.1) is 5.10 Å². The fourth-order valence-corrected chi connectivity index (χ4v) is 2.10. The van der Waals surface area contributed by atoms with Crippen LogP contribution >= 0.6 is 0 Å². The molecule has 0 saturated carbocycles. The number of hydrogen-bond donors (Lipinski definition) is 1. The molecular weight excluding hydrogens is 287 g/mol. The lowest BCUT2D eigenvalue weighted by molar-refractivity contribution is 0.0897. The molecule has 1 aliphatic rings. The highest BCUT2D eigenvalue weighted by Crippen LogP contribution is 2.28. The highest BCUT2D eigenvalue weighted by molar-refractivity contribution is 5.25. The molecule has 8 heteroatoms. The Hall–Kier alpha value is -2.09. The van der Waals surface area contributed by atoms with Gasteiger partial charge in [-0.05, 0) is 30.5 Å². The zero-order valence-electron chi connectivity index (χ0n) is 10.9. The summed E-state index contributed by atoms with van der Waals surface area (Å²) in [7, 11) is 0. The van der Waals surface area contributed by atoms with Crippen LogP contribution in [0.5, 0.6) is 0 Å². The van der Waals surface area contributed by atoms with Gasteiger partial charge in [-0.1, -0.05) is 5.10 Å². The van der Waals surface area contributed by atoms with Crippen LogP contribution in [0.4, 0.5) is 19.2 Å². The van der Waals surface area contributed by atoms with E-state index in [1.807, 2.05) is 0 Å². The molecular formula is C13H12F3N3O2. The lowest BCUT2D eigenvalue weighted by atomic mass is 10.2. The monoisotopic (exact) mass is 299 g/mol. The van der Waals surface area contributed by atoms with E-state index in [1.54, 1.807) is 0 Å². The fraction of sp³-hybridized carbons (Fsp3) is 0.385. The van der Waals surface area contributed by atoms with Crippen molar-refractivity contribution >= 4 is 6.01 Å². The Morgan fingerprint density at radius 3 is 2.62 bits per heavy atom. The normalized spacial score (nSPS) is 18.1. The van der Waals surface area contributed by atoms with E-state index in [9.17, 15) is 13.2 Å². The van der Waals surface area contributed by atoms with Gasteiger partial charge < -0.3 is 14.5 Å². The number of nitrogens with one attached hydrogen (secondary N) is 1. The van der Waals surface area contributed by atoms with Crippen molar-refractivity contribution in [3.8, 4) is 0 Å². The number of benzene rings is 1. The molecule has 1 aromatic carbocycles. The smallest absolute Gasteiger partial charge is 0.315 e. The van der Waals surface area contributed by atoms with Crippen molar-refractivity contribution in [1.29, 1.82) is 0 Å². The first-order valence-corrected chi connectivity index (χ1v) is 6.46. The van der Waals surface area contributed by atoms with E-state index < -0.39 is 17.5 Å². The average molecular weight is 299 g/mol. The zero-order valence-corrected chi connectivity index (χ0v) is 10.9. The van der Waals surface area contributed by atoms with E-state index in [1.165, 1.54) is 0 Å². The number of rotatable bonds is 4. The number of aromatic nitrogens is 2. The summed E-state index contributed by atoms with van der Waals surface area (Å²) in [4.78, 5) is 0. The van der Waals surface area contributed by atoms with E-state index >= 15 is 0 Å². The minimum Gasteiger partial charge on any atom is -0.405 e. The van der Waals surface area contributed by atoms with E-state index in [0.29, 0.717) is 12.5 Å². The van der Waals surface area contributed by atoms with Crippen LogP contribution in [0.2, 0.25) is 0 Å². The first kappa shape index (κ1) is 13.9. The van der Waals surface area contributed by atoms with Gasteiger partial charge in [0.2, 0.25) is 5.89 Å². The number of halogens is 3. The second kappa shape index (κ2) is 5.72. The van der Waals surface area contributed by atoms with Gasteiger partial charge in [0.1, 0.15) is 6.10 Å². The quantitative estimate of drug-likeness (QED) is 0.880. The Bertz CT molecular complexity index is 618. The molecule has 3 rings (SSSR count). The predicted molar refractivity (Wildman–Crippen MR) is 65.9 cm³/mol. The Kier molecular flexibility index (Phi) is 3.78. The maximum atomic E-state index is 13.1. The molecule has 1 aliphatic heterocycles. The molecule has 0 spiro atoms. The number of nitrogens with zero attached hydrogens (tertiary/aromatic N) is 2. The van der Waals surface area contributed by atoms with Crippen molar-refractivity contribution < 1.29 is 22.3 Å². The number of hydrogen-bond acceptors (Lipinski definition) is 5. The third-order valence-corrected chi connectivity index (χ3v) is 3.13. The highest BCUT2D eigenvalue weighted by Gasteiger charge is 2.23. The van der Waals surface area contributed by atoms with E-state index in [-0.39, 0.29) is 24.2 Å². The molecule has 1 aromatic heterocycles. The van der Waals surface area contributed by atoms with Crippen LogP contribution in [-0.4, -0.2) is 16.8 Å². The van der Waals surface area contributed by atoms with Crippen molar-refractivity contribution in [2.24, 2.45) is 0 Å². The van der Waals surface area contributed by atoms with Gasteiger partial charge in [-0.25, -0.2) is 13.2 Å². The molecule has 1 atom stereocenters. The molecule has 1 saturated heterocycles. The van der Waals surface area contributed by atoms with Crippen LogP contribution in [0.3, 0.4) is 0 Å². The van der Waals surface area contributed by atoms with Crippen molar-refractivity contribution in [2.45, 2.75) is 25.5 Å². The lowest BCUT2D eigenvalue weighted by Crippen LogP contribution is -2.02. The molecule has 0 bridgehead atoms. The maximum Gasteiger partial charge on any atom is 0.315 e. The third-order valence-electron chi connectivity index (χ3n) is 3.13. The van der Waals surface area contributed by atoms with Crippen LogP contribution in [0.25, 0.3) is 0 Å². The average Bonchev–Trinajstić information content (AvgIpc) is 3.12. The van der Waals surface area contributed by atoms with Gasteiger partial charge >= 0.3 is 6.01 Å². The molecule has 2 heterocycles. The first-order valence-electron chi connectivity index (χ1n) is 6.46. The molecule has 21 heavy (non-hydrogen) atoms. The largest absolute Gasteiger partial charge is 0.405 e. The SMILES string of the molecule is Fc1cc(CNc2nnc(C3CCCO3)o2)cc(F)c1F. The Labute approximate surface area is 118 Å². The maximum absolute atomic E-state index is 13.1. The third kappa shape index (κ3) is 2.99. The van der Waals surface area contributed by atoms with Gasteiger partial charge in [-0.2, -0.15) is 0 Å². The fourth-order valence-electron chi connectivity index (χ4n) is 2.10. The predicted octanol–water partition coefficient (Wildman–Crippen LogP) is 2.95. The van der Waals surface area contributed by atoms with Crippen molar-refractivity contribution in [2.75, 3.05) is 11.9 Å². The number of anilines is 1. The van der Waals surface area contributed by atoms with Gasteiger partial charge in [0.15, 0.2) is 17.5 Å². The van der Waals surface area contributed by atoms with Gasteiger partial charge in [0, 0.05) is 13.2 Å². The van der Waals surface area contributed by atoms with Crippen molar-refractivity contribution in [1.82, 2.24) is 10.2 Å². The summed E-state index contributed by atoms with van der Waals surface area (Å²) in [5, 5.41) is 10.3. The summed E-state index contributed by atoms with van der Waals surface area (Å²) >= 11 is 0. The summed E-state index contributed by atoms with van der Waals surface area (Å²) in [6, 6.07) is 1.93. The Morgan fingerprint density at radius 1 is 1.19 bits per heavy atom. The molecule has 0 amide bonds. The summed E-state index contributed by atoms with van der Waals surface area (Å²) in [5.74, 6) is -3.60. The topological polar surface area (TPSA) is 60.2 Å². The van der Waals surface area contributed by atoms with Crippen LogP contribution in [0, 0.1) is 17.5 Å². The molecule has 1 unspecified atom stereocenters. The van der Waals surface area contributed by atoms with Crippen LogP contribution in [-0.2, 0) is 11.3 Å². The van der Waals surface area contributed by atoms with Crippen molar-refractivity contribution in [3.05, 3.63) is 41.0 Å². The minimum absolute atomic E-state index is 0.0290. The number of ether oxygens (including phenoxy) is 1. The second-order valence-electron chi connectivity index (χ2n) is 4.67. The molecule has 2 aromatic rings. The van der Waals surface area contributed by atoms with Crippen molar-refractivity contribution in [3.63, 3.8) is 0 Å². The molecule has 0 radical (unpaired) electrons. The van der Waals surface area contributed by atoms with Gasteiger partial charge in [-0.3, -0.25) is 0 Å². The summed E-state index contributed by atoms with van der Waals surface area (Å²) in [6.45, 7) is 0.686. The lowest BCUT2D eigenvalue weighted by Gasteiger charge is -2.04. The highest BCUT2D eigenvalue weighted by atomic mass is 19.2. The Balaban J connectivity index is 1.65. The molecule has 112 valence electrons. The first-order chi connectivity index (χ1) is 10.1. The van der Waals surface area contributed by atoms with Crippen LogP contribution in [0.1, 0.15) is 30.4 Å². The van der Waals surface area contributed by atoms with Gasteiger partial charge in [0.25, 0.3) is 0 Å². The van der Waals surface area contributed by atoms with E-state index in [0.717, 1.165) is 25.0 Å². The molecule has 1 N–H and O–H groups in total. The van der Waals surface area contributed by atoms with Crippen LogP contribution < -0.4 is 5.32 Å². The summed E-state index contributed by atoms with van der Waals surface area (Å²) < 4.78 is 49.7. The van der Waals surface area contributed by atoms with E-state index in [4.69, 9.17) is 9.15 Å². The molecule has 1 fully saturated rings. The standard InChI is InChI=1S/C13H12F3N3O2/c14-8-4-7(5-9(15)11(8)16)6-17-13-19-18-12(21-13)10-2-1-3-20-10/h4-5,10H,1-3,6H2,(H,17,19). The molecule has 5 nitrogen and oxygen atoms in total. The summed E-state index contributed by atoms with van der Waals surface area (Å²) in [5.41, 5.74) is 0.225. The second-order valence-corrected chi connectivity index (χ2v) is 4.67. The Morgan fingerprint density at radius 2 is 1.95 bits per heavy atom. The van der Waals surface area contributed by atoms with Gasteiger partial charge in [0.05, 0.1) is 0 Å².